The van der Waals surface area contributed by atoms with Gasteiger partial charge in [-0.15, -0.1) is 11.3 Å². The first-order valence-corrected chi connectivity index (χ1v) is 17.1. The zero-order valence-electron chi connectivity index (χ0n) is 26.3. The van der Waals surface area contributed by atoms with Crippen LogP contribution in [0.25, 0.3) is 11.0 Å². The van der Waals surface area contributed by atoms with Gasteiger partial charge in [-0.05, 0) is 50.5 Å². The molecule has 10 nitrogen and oxygen atoms in total. The van der Waals surface area contributed by atoms with Crippen LogP contribution in [0.5, 0.6) is 0 Å². The molecule has 2 aromatic heterocycles. The van der Waals surface area contributed by atoms with E-state index < -0.39 is 0 Å². The minimum atomic E-state index is -0.385. The number of fused-ring (bicyclic) bond motifs is 1. The van der Waals surface area contributed by atoms with Gasteiger partial charge in [0.25, 0.3) is 5.91 Å². The SMILES string of the molecule is COC(=O)CCc1cnc([C@@H]2C[C@H](N3C[C@@H](C)O[C@@H](C)C3)CN2C(=O)Cc2cc(Cl)c(NC(=O)c3coc4ccccc34)cc2Cl)s1. The van der Waals surface area contributed by atoms with Crippen molar-refractivity contribution in [2.24, 2.45) is 0 Å². The molecular weight excluding hydrogens is 663 g/mol. The lowest BCUT2D eigenvalue weighted by Gasteiger charge is -2.38. The molecule has 13 heteroatoms. The lowest BCUT2D eigenvalue weighted by Crippen LogP contribution is -2.51. The number of morpholine rings is 1. The summed E-state index contributed by atoms with van der Waals surface area (Å²) in [5.74, 6) is -0.758. The molecule has 2 saturated heterocycles. The zero-order chi connectivity index (χ0) is 33.2. The number of hydrogen-bond acceptors (Lipinski definition) is 9. The molecule has 0 saturated carbocycles. The molecule has 2 aliphatic rings. The van der Waals surface area contributed by atoms with E-state index >= 15 is 0 Å². The van der Waals surface area contributed by atoms with Crippen LogP contribution in [0.2, 0.25) is 10.0 Å². The molecule has 2 aromatic carbocycles. The fourth-order valence-electron chi connectivity index (χ4n) is 6.45. The number of nitrogens with one attached hydrogen (secondary N) is 1. The number of aromatic nitrogens is 1. The van der Waals surface area contributed by atoms with Crippen LogP contribution in [0.4, 0.5) is 5.69 Å². The summed E-state index contributed by atoms with van der Waals surface area (Å²) >= 11 is 14.8. The van der Waals surface area contributed by atoms with Gasteiger partial charge in [-0.25, -0.2) is 4.98 Å². The number of nitrogens with zero attached hydrogens (tertiary/aromatic N) is 3. The maximum Gasteiger partial charge on any atom is 0.305 e. The molecule has 1 N–H and O–H groups in total. The number of benzene rings is 2. The molecule has 248 valence electrons. The zero-order valence-corrected chi connectivity index (χ0v) is 28.7. The molecule has 4 atom stereocenters. The molecular formula is C34H36Cl2N4O6S. The van der Waals surface area contributed by atoms with Gasteiger partial charge in [-0.1, -0.05) is 41.4 Å². The highest BCUT2D eigenvalue weighted by Crippen LogP contribution is 2.39. The van der Waals surface area contributed by atoms with Crippen molar-refractivity contribution in [2.75, 3.05) is 32.1 Å². The maximum atomic E-state index is 14.0. The second-order valence-corrected chi connectivity index (χ2v) is 14.1. The van der Waals surface area contributed by atoms with Gasteiger partial charge in [0.2, 0.25) is 5.91 Å². The molecule has 0 radical (unpaired) electrons. The van der Waals surface area contributed by atoms with E-state index in [1.807, 2.05) is 23.1 Å². The number of carbonyl (C=O) groups is 3. The van der Waals surface area contributed by atoms with E-state index in [0.29, 0.717) is 45.8 Å². The Kier molecular flexibility index (Phi) is 10.2. The second-order valence-electron chi connectivity index (χ2n) is 12.1. The first kappa shape index (κ1) is 33.4. The molecule has 0 unspecified atom stereocenters. The molecule has 2 aliphatic heterocycles. The number of aryl methyl sites for hydroxylation is 1. The topological polar surface area (TPSA) is 114 Å². The first-order valence-electron chi connectivity index (χ1n) is 15.6. The normalized spacial score (nSPS) is 21.7. The minimum absolute atomic E-state index is 0.0266. The summed E-state index contributed by atoms with van der Waals surface area (Å²) in [4.78, 5) is 48.8. The fourth-order valence-corrected chi connectivity index (χ4v) is 7.96. The summed E-state index contributed by atoms with van der Waals surface area (Å²) in [5.41, 5.74) is 1.87. The number of rotatable bonds is 9. The Labute approximate surface area is 286 Å². The number of furan rings is 1. The molecule has 2 fully saturated rings. The van der Waals surface area contributed by atoms with Crippen molar-refractivity contribution in [3.63, 3.8) is 0 Å². The van der Waals surface area contributed by atoms with Crippen molar-refractivity contribution < 1.29 is 28.3 Å². The Bertz CT molecular complexity index is 1780. The van der Waals surface area contributed by atoms with Gasteiger partial charge in [0.05, 0.1) is 54.5 Å². The highest BCUT2D eigenvalue weighted by atomic mass is 35.5. The highest BCUT2D eigenvalue weighted by molar-refractivity contribution is 7.11. The molecule has 2 amide bonds. The van der Waals surface area contributed by atoms with Gasteiger partial charge < -0.3 is 24.1 Å². The number of likely N-dealkylation sites (tertiary alicyclic amines) is 1. The fraction of sp³-hybridized carbons (Fsp3) is 0.412. The number of anilines is 1. The number of methoxy groups -OCH3 is 1. The number of para-hydroxylation sites is 1. The van der Waals surface area contributed by atoms with Crippen molar-refractivity contribution in [1.82, 2.24) is 14.8 Å². The van der Waals surface area contributed by atoms with Gasteiger partial charge in [0.15, 0.2) is 0 Å². The Morgan fingerprint density at radius 3 is 2.62 bits per heavy atom. The van der Waals surface area contributed by atoms with E-state index in [-0.39, 0.29) is 59.9 Å². The summed E-state index contributed by atoms with van der Waals surface area (Å²) in [6.07, 6.45) is 4.94. The van der Waals surface area contributed by atoms with E-state index in [1.54, 1.807) is 24.4 Å². The summed E-state index contributed by atoms with van der Waals surface area (Å²) in [6, 6.07) is 10.4. The summed E-state index contributed by atoms with van der Waals surface area (Å²) < 4.78 is 16.3. The predicted octanol–water partition coefficient (Wildman–Crippen LogP) is 6.55. The van der Waals surface area contributed by atoms with E-state index in [2.05, 4.69) is 24.1 Å². The first-order chi connectivity index (χ1) is 22.6. The number of carbonyl (C=O) groups excluding carboxylic acids is 3. The maximum absolute atomic E-state index is 14.0. The third-order valence-electron chi connectivity index (χ3n) is 8.67. The molecule has 4 aromatic rings. The number of esters is 1. The van der Waals surface area contributed by atoms with Crippen LogP contribution in [0.15, 0.2) is 53.3 Å². The number of amides is 2. The summed E-state index contributed by atoms with van der Waals surface area (Å²) in [7, 11) is 1.38. The summed E-state index contributed by atoms with van der Waals surface area (Å²) in [5, 5.41) is 4.92. The average molecular weight is 700 g/mol. The van der Waals surface area contributed by atoms with Gasteiger partial charge in [-0.2, -0.15) is 0 Å². The van der Waals surface area contributed by atoms with Crippen LogP contribution in [0.1, 0.15) is 58.5 Å². The number of ether oxygens (including phenoxy) is 2. The molecule has 47 heavy (non-hydrogen) atoms. The Morgan fingerprint density at radius 1 is 1.09 bits per heavy atom. The van der Waals surface area contributed by atoms with Crippen LogP contribution in [0.3, 0.4) is 0 Å². The van der Waals surface area contributed by atoms with Gasteiger partial charge >= 0.3 is 5.97 Å². The van der Waals surface area contributed by atoms with Gasteiger partial charge in [0.1, 0.15) is 16.9 Å². The second kappa shape index (κ2) is 14.3. The molecule has 0 bridgehead atoms. The lowest BCUT2D eigenvalue weighted by atomic mass is 10.1. The standard InChI is InChI=1S/C34H36Cl2N4O6S/c1-19-15-39(16-20(2)46-19)22-12-29(34-37-14-23(47-34)8-9-32(42)44-3)40(17-22)31(41)11-21-10-27(36)28(13-26(21)35)38-33(43)25-18-45-30-7-5-4-6-24(25)30/h4-7,10,13-14,18-20,22,29H,8-9,11-12,15-17H2,1-3H3,(H,38,43)/t19-,20+,22-,29-/m0/s1. The largest absolute Gasteiger partial charge is 0.469 e. The average Bonchev–Trinajstić information content (AvgIpc) is 3.80. The lowest BCUT2D eigenvalue weighted by molar-refractivity contribution is -0.140. The van der Waals surface area contributed by atoms with E-state index in [4.69, 9.17) is 42.1 Å². The molecule has 6 rings (SSSR count). The highest BCUT2D eigenvalue weighted by Gasteiger charge is 2.42. The Balaban J connectivity index is 1.20. The Hall–Kier alpha value is -3.48. The number of halogens is 2. The van der Waals surface area contributed by atoms with Crippen LogP contribution >= 0.6 is 34.5 Å². The third kappa shape index (κ3) is 7.49. The predicted molar refractivity (Wildman–Crippen MR) is 181 cm³/mol. The third-order valence-corrected chi connectivity index (χ3v) is 10.5. The smallest absolute Gasteiger partial charge is 0.305 e. The van der Waals surface area contributed by atoms with Gasteiger partial charge in [-0.3, -0.25) is 19.3 Å². The van der Waals surface area contributed by atoms with Crippen molar-refractivity contribution >= 4 is 69.0 Å². The number of hydrogen-bond donors (Lipinski definition) is 1. The summed E-state index contributed by atoms with van der Waals surface area (Å²) in [6.45, 7) is 6.26. The molecule has 0 aliphatic carbocycles. The van der Waals surface area contributed by atoms with Crippen LogP contribution in [-0.2, 0) is 31.9 Å². The van der Waals surface area contributed by atoms with Crippen LogP contribution in [-0.4, -0.2) is 77.6 Å². The monoisotopic (exact) mass is 698 g/mol. The molecule has 0 spiro atoms. The van der Waals surface area contributed by atoms with Crippen molar-refractivity contribution in [3.8, 4) is 0 Å². The van der Waals surface area contributed by atoms with Crippen LogP contribution in [0, 0.1) is 0 Å². The van der Waals surface area contributed by atoms with Crippen LogP contribution < -0.4 is 5.32 Å². The van der Waals surface area contributed by atoms with E-state index in [1.165, 1.54) is 24.7 Å². The Morgan fingerprint density at radius 2 is 1.85 bits per heavy atom. The van der Waals surface area contributed by atoms with Gasteiger partial charge in [0, 0.05) is 47.2 Å². The van der Waals surface area contributed by atoms with Crippen molar-refractivity contribution in [2.45, 2.75) is 63.8 Å². The number of thiazole rings is 1. The van der Waals surface area contributed by atoms with E-state index in [9.17, 15) is 14.4 Å². The quantitative estimate of drug-likeness (QED) is 0.196. The minimum Gasteiger partial charge on any atom is -0.469 e. The van der Waals surface area contributed by atoms with E-state index in [0.717, 1.165) is 29.4 Å². The molecule has 4 heterocycles. The van der Waals surface area contributed by atoms with Crippen molar-refractivity contribution in [1.29, 1.82) is 0 Å². The van der Waals surface area contributed by atoms with Crippen molar-refractivity contribution in [3.05, 3.63) is 79.9 Å².